The third-order valence-electron chi connectivity index (χ3n) is 2.85. The van der Waals surface area contributed by atoms with Gasteiger partial charge in [0, 0.05) is 6.61 Å². The fraction of sp³-hybridized carbons (Fsp3) is 0.429. The predicted octanol–water partition coefficient (Wildman–Crippen LogP) is 2.41. The summed E-state index contributed by atoms with van der Waals surface area (Å²) in [5.74, 6) is 0.991. The van der Waals surface area contributed by atoms with Crippen molar-refractivity contribution in [1.82, 2.24) is 10.1 Å². The number of ether oxygens (including phenoxy) is 1. The fourth-order valence-corrected chi connectivity index (χ4v) is 1.84. The quantitative estimate of drug-likeness (QED) is 0.864. The summed E-state index contributed by atoms with van der Waals surface area (Å²) in [5, 5.41) is 3.91. The Labute approximate surface area is 112 Å². The molecule has 2 rings (SSSR count). The first-order chi connectivity index (χ1) is 9.20. The van der Waals surface area contributed by atoms with E-state index in [2.05, 4.69) is 10.1 Å². The summed E-state index contributed by atoms with van der Waals surface area (Å²) in [4.78, 5) is 4.30. The smallest absolute Gasteiger partial charge is 0.243 e. The molecule has 5 heteroatoms. The summed E-state index contributed by atoms with van der Waals surface area (Å²) >= 11 is 0. The van der Waals surface area contributed by atoms with E-state index in [1.165, 1.54) is 0 Å². The second kappa shape index (κ2) is 6.45. The highest BCUT2D eigenvalue weighted by Gasteiger charge is 2.18. The molecule has 0 saturated heterocycles. The molecule has 0 aliphatic heterocycles. The first kappa shape index (κ1) is 13.7. The van der Waals surface area contributed by atoms with E-state index in [0.717, 1.165) is 5.56 Å². The van der Waals surface area contributed by atoms with Gasteiger partial charge in [-0.2, -0.15) is 4.98 Å². The maximum atomic E-state index is 6.08. The van der Waals surface area contributed by atoms with E-state index in [4.69, 9.17) is 15.0 Å². The van der Waals surface area contributed by atoms with E-state index in [1.807, 2.05) is 44.2 Å². The SMILES string of the molecule is CCOC(C)c1noc([C@@H](N)Cc2ccccc2)n1. The normalized spacial score (nSPS) is 14.3. The lowest BCUT2D eigenvalue weighted by molar-refractivity contribution is 0.0683. The van der Waals surface area contributed by atoms with Crippen LogP contribution in [0.5, 0.6) is 0 Å². The zero-order chi connectivity index (χ0) is 13.7. The summed E-state index contributed by atoms with van der Waals surface area (Å²) in [6, 6.07) is 9.71. The molecule has 0 radical (unpaired) electrons. The van der Waals surface area contributed by atoms with Crippen LogP contribution >= 0.6 is 0 Å². The van der Waals surface area contributed by atoms with Crippen molar-refractivity contribution in [3.63, 3.8) is 0 Å². The number of hydrogen-bond acceptors (Lipinski definition) is 5. The molecule has 1 unspecified atom stereocenters. The molecule has 0 fully saturated rings. The van der Waals surface area contributed by atoms with Crippen LogP contribution in [-0.4, -0.2) is 16.7 Å². The molecule has 1 aromatic heterocycles. The molecule has 0 spiro atoms. The molecule has 2 N–H and O–H groups in total. The molecule has 2 atom stereocenters. The summed E-state index contributed by atoms with van der Waals surface area (Å²) in [6.07, 6.45) is 0.498. The Hall–Kier alpha value is -1.72. The third kappa shape index (κ3) is 3.62. The van der Waals surface area contributed by atoms with E-state index >= 15 is 0 Å². The van der Waals surface area contributed by atoms with Gasteiger partial charge in [-0.3, -0.25) is 0 Å². The number of rotatable bonds is 6. The van der Waals surface area contributed by atoms with Crippen LogP contribution in [0.15, 0.2) is 34.9 Å². The molecule has 0 saturated carbocycles. The Balaban J connectivity index is 2.02. The second-order valence-electron chi connectivity index (χ2n) is 4.38. The van der Waals surface area contributed by atoms with Crippen molar-refractivity contribution in [3.05, 3.63) is 47.6 Å². The van der Waals surface area contributed by atoms with Gasteiger partial charge in [0.05, 0.1) is 6.04 Å². The van der Waals surface area contributed by atoms with Crippen molar-refractivity contribution in [1.29, 1.82) is 0 Å². The van der Waals surface area contributed by atoms with Gasteiger partial charge in [0.2, 0.25) is 5.89 Å². The summed E-state index contributed by atoms with van der Waals surface area (Å²) < 4.78 is 10.6. The van der Waals surface area contributed by atoms with E-state index in [9.17, 15) is 0 Å². The van der Waals surface area contributed by atoms with E-state index in [-0.39, 0.29) is 12.1 Å². The number of nitrogens with two attached hydrogens (primary N) is 1. The molecule has 2 aromatic rings. The van der Waals surface area contributed by atoms with Crippen molar-refractivity contribution in [3.8, 4) is 0 Å². The van der Waals surface area contributed by atoms with E-state index in [0.29, 0.717) is 24.7 Å². The van der Waals surface area contributed by atoms with Crippen LogP contribution in [0, 0.1) is 0 Å². The van der Waals surface area contributed by atoms with Gasteiger partial charge in [-0.25, -0.2) is 0 Å². The lowest BCUT2D eigenvalue weighted by Crippen LogP contribution is -2.14. The first-order valence-electron chi connectivity index (χ1n) is 6.45. The zero-order valence-corrected chi connectivity index (χ0v) is 11.2. The largest absolute Gasteiger partial charge is 0.371 e. The van der Waals surface area contributed by atoms with Gasteiger partial charge in [-0.05, 0) is 25.8 Å². The fourth-order valence-electron chi connectivity index (χ4n) is 1.84. The van der Waals surface area contributed by atoms with Gasteiger partial charge in [0.1, 0.15) is 6.10 Å². The van der Waals surface area contributed by atoms with Crippen molar-refractivity contribution < 1.29 is 9.26 Å². The number of hydrogen-bond donors (Lipinski definition) is 1. The Kier molecular flexibility index (Phi) is 4.65. The minimum atomic E-state index is -0.294. The molecule has 1 heterocycles. The monoisotopic (exact) mass is 261 g/mol. The van der Waals surface area contributed by atoms with Crippen molar-refractivity contribution in [2.24, 2.45) is 5.73 Å². The molecular weight excluding hydrogens is 242 g/mol. The average molecular weight is 261 g/mol. The Morgan fingerprint density at radius 3 is 2.74 bits per heavy atom. The van der Waals surface area contributed by atoms with Gasteiger partial charge in [0.15, 0.2) is 5.82 Å². The second-order valence-corrected chi connectivity index (χ2v) is 4.38. The minimum Gasteiger partial charge on any atom is -0.371 e. The predicted molar refractivity (Wildman–Crippen MR) is 71.4 cm³/mol. The lowest BCUT2D eigenvalue weighted by atomic mass is 10.1. The molecule has 102 valence electrons. The number of nitrogens with zero attached hydrogens (tertiary/aromatic N) is 2. The van der Waals surface area contributed by atoms with Gasteiger partial charge in [-0.15, -0.1) is 0 Å². The van der Waals surface area contributed by atoms with Gasteiger partial charge >= 0.3 is 0 Å². The molecule has 0 amide bonds. The topological polar surface area (TPSA) is 74.2 Å². The van der Waals surface area contributed by atoms with Crippen LogP contribution in [0.2, 0.25) is 0 Å². The van der Waals surface area contributed by atoms with Gasteiger partial charge in [0.25, 0.3) is 0 Å². The van der Waals surface area contributed by atoms with Crippen molar-refractivity contribution in [2.45, 2.75) is 32.4 Å². The Morgan fingerprint density at radius 2 is 2.05 bits per heavy atom. The molecule has 1 aromatic carbocycles. The van der Waals surface area contributed by atoms with Crippen molar-refractivity contribution >= 4 is 0 Å². The third-order valence-corrected chi connectivity index (χ3v) is 2.85. The summed E-state index contributed by atoms with van der Waals surface area (Å²) in [6.45, 7) is 4.43. The zero-order valence-electron chi connectivity index (χ0n) is 11.2. The van der Waals surface area contributed by atoms with Crippen LogP contribution in [0.3, 0.4) is 0 Å². The van der Waals surface area contributed by atoms with Crippen molar-refractivity contribution in [2.75, 3.05) is 6.61 Å². The number of aromatic nitrogens is 2. The molecule has 0 aliphatic rings. The minimum absolute atomic E-state index is 0.175. The van der Waals surface area contributed by atoms with E-state index in [1.54, 1.807) is 0 Å². The van der Waals surface area contributed by atoms with Crippen LogP contribution in [0.25, 0.3) is 0 Å². The average Bonchev–Trinajstić information content (AvgIpc) is 2.90. The number of benzene rings is 1. The van der Waals surface area contributed by atoms with Gasteiger partial charge < -0.3 is 15.0 Å². The van der Waals surface area contributed by atoms with Gasteiger partial charge in [-0.1, -0.05) is 35.5 Å². The molecule has 5 nitrogen and oxygen atoms in total. The van der Waals surface area contributed by atoms with Crippen LogP contribution in [0.1, 0.15) is 43.3 Å². The maximum absolute atomic E-state index is 6.08. The molecule has 19 heavy (non-hydrogen) atoms. The van der Waals surface area contributed by atoms with E-state index < -0.39 is 0 Å². The molecule has 0 aliphatic carbocycles. The summed E-state index contributed by atoms with van der Waals surface area (Å²) in [7, 11) is 0. The Morgan fingerprint density at radius 1 is 1.32 bits per heavy atom. The Bertz CT molecular complexity index is 498. The first-order valence-corrected chi connectivity index (χ1v) is 6.45. The highest BCUT2D eigenvalue weighted by molar-refractivity contribution is 5.16. The summed E-state index contributed by atoms with van der Waals surface area (Å²) in [5.41, 5.74) is 7.22. The van der Waals surface area contributed by atoms with Crippen LogP contribution in [0.4, 0.5) is 0 Å². The molecular formula is C14H19N3O2. The van der Waals surface area contributed by atoms with Crippen LogP contribution in [-0.2, 0) is 11.2 Å². The highest BCUT2D eigenvalue weighted by atomic mass is 16.5. The standard InChI is InChI=1S/C14H19N3O2/c1-3-18-10(2)13-16-14(19-17-13)12(15)9-11-7-5-4-6-8-11/h4-8,10,12H,3,9,15H2,1-2H3/t10?,12-/m0/s1. The maximum Gasteiger partial charge on any atom is 0.243 e. The lowest BCUT2D eigenvalue weighted by Gasteiger charge is -2.07. The van der Waals surface area contributed by atoms with Crippen LogP contribution < -0.4 is 5.73 Å². The highest BCUT2D eigenvalue weighted by Crippen LogP contribution is 2.18. The molecule has 0 bridgehead atoms.